The van der Waals surface area contributed by atoms with E-state index in [4.69, 9.17) is 0 Å². The van der Waals surface area contributed by atoms with E-state index in [9.17, 15) is 5.26 Å². The van der Waals surface area contributed by atoms with Crippen LogP contribution in [0, 0.1) is 17.2 Å². The highest BCUT2D eigenvalue weighted by Gasteiger charge is 2.22. The van der Waals surface area contributed by atoms with Gasteiger partial charge in [-0.25, -0.2) is 0 Å². The molecule has 2 heterocycles. The molecule has 5 heteroatoms. The molecule has 0 amide bonds. The van der Waals surface area contributed by atoms with Crippen LogP contribution in [0.5, 0.6) is 0 Å². The largest absolute Gasteiger partial charge is 0.367 e. The predicted molar refractivity (Wildman–Crippen MR) is 84.2 cm³/mol. The molecule has 1 aliphatic rings. The van der Waals surface area contributed by atoms with Gasteiger partial charge in [-0.15, -0.1) is 5.10 Å². The summed E-state index contributed by atoms with van der Waals surface area (Å²) in [6.07, 6.45) is 2.85. The average Bonchev–Trinajstić information content (AvgIpc) is 2.99. The van der Waals surface area contributed by atoms with E-state index < -0.39 is 0 Å². The van der Waals surface area contributed by atoms with Gasteiger partial charge in [-0.05, 0) is 43.8 Å². The minimum absolute atomic E-state index is 0.634. The Hall–Kier alpha value is -1.67. The summed E-state index contributed by atoms with van der Waals surface area (Å²) in [5.74, 6) is 1.29. The summed E-state index contributed by atoms with van der Waals surface area (Å²) in [7, 11) is 0. The maximum absolute atomic E-state index is 9.46. The van der Waals surface area contributed by atoms with Gasteiger partial charge in [-0.3, -0.25) is 0 Å². The Balaban J connectivity index is 2.08. The van der Waals surface area contributed by atoms with Crippen molar-refractivity contribution < 1.29 is 0 Å². The molecule has 1 saturated heterocycles. The fraction of sp³-hybridized carbons (Fsp3) is 0.688. The maximum atomic E-state index is 9.46. The third-order valence-corrected chi connectivity index (χ3v) is 4.33. The summed E-state index contributed by atoms with van der Waals surface area (Å²) >= 11 is 0. The topological polar surface area (TPSA) is 64.8 Å². The number of anilines is 1. The first-order valence-corrected chi connectivity index (χ1v) is 7.98. The highest BCUT2D eigenvalue weighted by atomic mass is 15.2. The normalized spacial score (nSPS) is 18.7. The molecule has 1 aromatic heterocycles. The lowest BCUT2D eigenvalue weighted by Gasteiger charge is -2.15. The second-order valence-corrected chi connectivity index (χ2v) is 5.60. The average molecular weight is 287 g/mol. The lowest BCUT2D eigenvalue weighted by molar-refractivity contribution is 0.345. The summed E-state index contributed by atoms with van der Waals surface area (Å²) in [5.41, 5.74) is 2.66. The van der Waals surface area contributed by atoms with Gasteiger partial charge in [0.25, 0.3) is 0 Å². The molecular formula is C16H25N5. The molecule has 1 fully saturated rings. The second-order valence-electron chi connectivity index (χ2n) is 5.60. The highest BCUT2D eigenvalue weighted by Crippen LogP contribution is 2.21. The van der Waals surface area contributed by atoms with Crippen LogP contribution in [0.1, 0.15) is 44.0 Å². The van der Waals surface area contributed by atoms with Gasteiger partial charge in [0.1, 0.15) is 11.6 Å². The number of hydrogen-bond donors (Lipinski definition) is 1. The van der Waals surface area contributed by atoms with Crippen LogP contribution in [0.3, 0.4) is 0 Å². The number of aromatic nitrogens is 2. The Morgan fingerprint density at radius 2 is 2.10 bits per heavy atom. The van der Waals surface area contributed by atoms with Crippen LogP contribution >= 0.6 is 0 Å². The smallest absolute Gasteiger partial charge is 0.166 e. The molecule has 2 rings (SSSR count). The summed E-state index contributed by atoms with van der Waals surface area (Å²) in [6, 6.07) is 2.31. The molecule has 0 aliphatic carbocycles. The monoisotopic (exact) mass is 287 g/mol. The second kappa shape index (κ2) is 7.37. The SMILES string of the molecule is CCc1nnc(NCC2CCN(CC)C2)c(C#N)c1CC. The summed E-state index contributed by atoms with van der Waals surface area (Å²) in [5, 5.41) is 21.3. The van der Waals surface area contributed by atoms with Crippen molar-refractivity contribution in [2.24, 2.45) is 5.92 Å². The van der Waals surface area contributed by atoms with Gasteiger partial charge < -0.3 is 10.2 Å². The molecule has 1 aliphatic heterocycles. The van der Waals surface area contributed by atoms with Gasteiger partial charge in [0.2, 0.25) is 0 Å². The van der Waals surface area contributed by atoms with E-state index in [1.165, 1.54) is 13.0 Å². The van der Waals surface area contributed by atoms with E-state index in [1.54, 1.807) is 0 Å². The Morgan fingerprint density at radius 3 is 2.67 bits per heavy atom. The zero-order valence-electron chi connectivity index (χ0n) is 13.3. The van der Waals surface area contributed by atoms with Crippen LogP contribution in [0.25, 0.3) is 0 Å². The quantitative estimate of drug-likeness (QED) is 0.869. The van der Waals surface area contributed by atoms with Crippen molar-refractivity contribution in [3.05, 3.63) is 16.8 Å². The summed E-state index contributed by atoms with van der Waals surface area (Å²) < 4.78 is 0. The van der Waals surface area contributed by atoms with Crippen molar-refractivity contribution in [3.63, 3.8) is 0 Å². The molecule has 21 heavy (non-hydrogen) atoms. The minimum Gasteiger partial charge on any atom is -0.367 e. The number of hydrogen-bond acceptors (Lipinski definition) is 5. The first-order chi connectivity index (χ1) is 10.2. The van der Waals surface area contributed by atoms with Crippen LogP contribution < -0.4 is 5.32 Å². The number of likely N-dealkylation sites (tertiary alicyclic amines) is 1. The summed E-state index contributed by atoms with van der Waals surface area (Å²) in [6.45, 7) is 10.6. The van der Waals surface area contributed by atoms with Crippen LogP contribution in [-0.4, -0.2) is 41.3 Å². The molecule has 0 bridgehead atoms. The number of rotatable bonds is 6. The minimum atomic E-state index is 0.634. The molecule has 0 spiro atoms. The number of nitriles is 1. The van der Waals surface area contributed by atoms with Gasteiger partial charge in [0.05, 0.1) is 5.69 Å². The van der Waals surface area contributed by atoms with Crippen LogP contribution in [0.2, 0.25) is 0 Å². The Bertz CT molecular complexity index is 520. The van der Waals surface area contributed by atoms with Crippen LogP contribution in [0.4, 0.5) is 5.82 Å². The van der Waals surface area contributed by atoms with Crippen molar-refractivity contribution in [2.45, 2.75) is 40.0 Å². The molecule has 1 aromatic rings. The Kier molecular flexibility index (Phi) is 5.51. The number of aryl methyl sites for hydroxylation is 1. The zero-order chi connectivity index (χ0) is 15.2. The van der Waals surface area contributed by atoms with Crippen molar-refractivity contribution in [1.82, 2.24) is 15.1 Å². The molecule has 114 valence electrons. The maximum Gasteiger partial charge on any atom is 0.166 e. The van der Waals surface area contributed by atoms with Crippen LogP contribution in [0.15, 0.2) is 0 Å². The van der Waals surface area contributed by atoms with Gasteiger partial charge in [0, 0.05) is 13.1 Å². The first-order valence-electron chi connectivity index (χ1n) is 7.98. The third-order valence-electron chi connectivity index (χ3n) is 4.33. The van der Waals surface area contributed by atoms with Crippen molar-refractivity contribution in [2.75, 3.05) is 31.5 Å². The van der Waals surface area contributed by atoms with E-state index in [1.807, 2.05) is 0 Å². The molecular weight excluding hydrogens is 262 g/mol. The van der Waals surface area contributed by atoms with Gasteiger partial charge in [0.15, 0.2) is 5.82 Å². The molecule has 1 atom stereocenters. The third kappa shape index (κ3) is 3.51. The number of nitrogens with one attached hydrogen (secondary N) is 1. The summed E-state index contributed by atoms with van der Waals surface area (Å²) in [4.78, 5) is 2.46. The molecule has 0 aromatic carbocycles. The molecule has 5 nitrogen and oxygen atoms in total. The van der Waals surface area contributed by atoms with Gasteiger partial charge in [-0.1, -0.05) is 20.8 Å². The standard InChI is InChI=1S/C16H25N5/c1-4-13-14(9-17)16(20-19-15(13)5-2)18-10-12-7-8-21(6-3)11-12/h12H,4-8,10-11H2,1-3H3,(H,18,20). The number of nitrogens with zero attached hydrogens (tertiary/aromatic N) is 4. The Labute approximate surface area is 127 Å². The highest BCUT2D eigenvalue weighted by molar-refractivity contribution is 5.56. The Morgan fingerprint density at radius 1 is 1.29 bits per heavy atom. The van der Waals surface area contributed by atoms with E-state index in [0.717, 1.165) is 43.7 Å². The van der Waals surface area contributed by atoms with E-state index in [0.29, 0.717) is 17.3 Å². The molecule has 0 radical (unpaired) electrons. The van der Waals surface area contributed by atoms with Gasteiger partial charge in [-0.2, -0.15) is 10.4 Å². The molecule has 1 N–H and O–H groups in total. The zero-order valence-corrected chi connectivity index (χ0v) is 13.3. The van der Waals surface area contributed by atoms with Crippen molar-refractivity contribution >= 4 is 5.82 Å². The lowest BCUT2D eigenvalue weighted by Crippen LogP contribution is -2.23. The fourth-order valence-corrected chi connectivity index (χ4v) is 3.02. The van der Waals surface area contributed by atoms with Crippen molar-refractivity contribution in [3.8, 4) is 6.07 Å². The van der Waals surface area contributed by atoms with E-state index in [-0.39, 0.29) is 0 Å². The molecule has 0 saturated carbocycles. The molecule has 1 unspecified atom stereocenters. The van der Waals surface area contributed by atoms with E-state index >= 15 is 0 Å². The lowest BCUT2D eigenvalue weighted by atomic mass is 10.0. The van der Waals surface area contributed by atoms with E-state index in [2.05, 4.69) is 47.3 Å². The predicted octanol–water partition coefficient (Wildman–Crippen LogP) is 2.23. The van der Waals surface area contributed by atoms with Crippen molar-refractivity contribution in [1.29, 1.82) is 5.26 Å². The van der Waals surface area contributed by atoms with Gasteiger partial charge >= 0.3 is 0 Å². The van der Waals surface area contributed by atoms with Crippen LogP contribution in [-0.2, 0) is 12.8 Å². The first kappa shape index (κ1) is 15.7. The fourth-order valence-electron chi connectivity index (χ4n) is 3.02.